The van der Waals surface area contributed by atoms with E-state index in [4.69, 9.17) is 0 Å². The molecule has 2 aromatic carbocycles. The van der Waals surface area contributed by atoms with Gasteiger partial charge in [-0.15, -0.1) is 24.0 Å². The molecule has 2 saturated heterocycles. The molecule has 7 heteroatoms. The Hall–Kier alpha value is -2.13. The molecule has 0 radical (unpaired) electrons. The molecule has 2 heterocycles. The first-order chi connectivity index (χ1) is 15.7. The third kappa shape index (κ3) is 7.43. The van der Waals surface area contributed by atoms with Crippen molar-refractivity contribution in [3.63, 3.8) is 0 Å². The maximum atomic E-state index is 12.1. The minimum Gasteiger partial charge on any atom is -0.354 e. The standard InChI is InChI=1S/C26H35N5O.HI/c1-27-26(29-23-14-17-30(18-15-23)20-22-7-3-2-4-8-22)28-19-21-10-12-24(13-11-21)31-16-6-5-9-25(31)32;/h2-4,7-8,10-13,23H,5-6,9,14-20H2,1H3,(H2,27,28,29);1H. The molecular weight excluding hydrogens is 525 g/mol. The van der Waals surface area contributed by atoms with Crippen molar-refractivity contribution in [3.8, 4) is 0 Å². The van der Waals surface area contributed by atoms with Gasteiger partial charge in [0.15, 0.2) is 5.96 Å². The number of guanidine groups is 1. The highest BCUT2D eigenvalue weighted by molar-refractivity contribution is 14.0. The van der Waals surface area contributed by atoms with Crippen molar-refractivity contribution in [1.82, 2.24) is 15.5 Å². The van der Waals surface area contributed by atoms with Gasteiger partial charge in [-0.3, -0.25) is 14.7 Å². The quantitative estimate of drug-likeness (QED) is 0.316. The second-order valence-corrected chi connectivity index (χ2v) is 8.78. The predicted molar refractivity (Wildman–Crippen MR) is 146 cm³/mol. The number of hydrogen-bond acceptors (Lipinski definition) is 3. The van der Waals surface area contributed by atoms with Crippen LogP contribution in [0, 0.1) is 0 Å². The number of aliphatic imine (C=N–C) groups is 1. The van der Waals surface area contributed by atoms with Crippen molar-refractivity contribution in [1.29, 1.82) is 0 Å². The summed E-state index contributed by atoms with van der Waals surface area (Å²) in [6.45, 7) is 4.76. The molecule has 0 aromatic heterocycles. The third-order valence-electron chi connectivity index (χ3n) is 6.43. The first-order valence-electron chi connectivity index (χ1n) is 11.8. The summed E-state index contributed by atoms with van der Waals surface area (Å²) in [4.78, 5) is 21.0. The van der Waals surface area contributed by atoms with Crippen molar-refractivity contribution >= 4 is 41.5 Å². The molecule has 0 saturated carbocycles. The Morgan fingerprint density at radius 2 is 1.70 bits per heavy atom. The van der Waals surface area contributed by atoms with Gasteiger partial charge in [0.25, 0.3) is 0 Å². The van der Waals surface area contributed by atoms with Gasteiger partial charge in [-0.1, -0.05) is 42.5 Å². The zero-order chi connectivity index (χ0) is 22.2. The van der Waals surface area contributed by atoms with Crippen molar-refractivity contribution in [2.45, 2.75) is 51.2 Å². The van der Waals surface area contributed by atoms with E-state index in [2.05, 4.69) is 75.1 Å². The number of rotatable bonds is 6. The van der Waals surface area contributed by atoms with E-state index < -0.39 is 0 Å². The van der Waals surface area contributed by atoms with Gasteiger partial charge in [-0.2, -0.15) is 0 Å². The van der Waals surface area contributed by atoms with E-state index in [0.717, 1.165) is 63.5 Å². The Morgan fingerprint density at radius 1 is 0.970 bits per heavy atom. The molecule has 4 rings (SSSR count). The van der Waals surface area contributed by atoms with Gasteiger partial charge in [0.1, 0.15) is 0 Å². The summed E-state index contributed by atoms with van der Waals surface area (Å²) in [5.74, 6) is 1.09. The number of benzene rings is 2. The van der Waals surface area contributed by atoms with Gasteiger partial charge in [0, 0.05) is 57.9 Å². The number of carbonyl (C=O) groups is 1. The van der Waals surface area contributed by atoms with Crippen LogP contribution < -0.4 is 15.5 Å². The molecule has 2 aliphatic rings. The van der Waals surface area contributed by atoms with Crippen molar-refractivity contribution in [2.75, 3.05) is 31.6 Å². The van der Waals surface area contributed by atoms with Crippen LogP contribution in [0.2, 0.25) is 0 Å². The summed E-state index contributed by atoms with van der Waals surface area (Å²) < 4.78 is 0. The summed E-state index contributed by atoms with van der Waals surface area (Å²) in [6, 6.07) is 19.4. The molecule has 0 spiro atoms. The predicted octanol–water partition coefficient (Wildman–Crippen LogP) is 4.15. The lowest BCUT2D eigenvalue weighted by Gasteiger charge is -2.33. The lowest BCUT2D eigenvalue weighted by Crippen LogP contribution is -2.48. The lowest BCUT2D eigenvalue weighted by atomic mass is 10.0. The first-order valence-corrected chi connectivity index (χ1v) is 11.8. The number of amides is 1. The molecule has 0 atom stereocenters. The molecule has 2 fully saturated rings. The fourth-order valence-electron chi connectivity index (χ4n) is 4.52. The molecule has 1 amide bonds. The minimum atomic E-state index is 0. The van der Waals surface area contributed by atoms with E-state index >= 15 is 0 Å². The molecule has 0 aliphatic carbocycles. The maximum Gasteiger partial charge on any atom is 0.226 e. The second kappa shape index (κ2) is 12.9. The Kier molecular flexibility index (Phi) is 9.99. The molecule has 2 N–H and O–H groups in total. The molecule has 2 aromatic rings. The molecular formula is C26H36IN5O. The Balaban J connectivity index is 0.00000306. The van der Waals surface area contributed by atoms with Gasteiger partial charge in [-0.25, -0.2) is 0 Å². The average molecular weight is 562 g/mol. The van der Waals surface area contributed by atoms with E-state index in [1.165, 1.54) is 11.1 Å². The normalized spacial score (nSPS) is 18.0. The molecule has 178 valence electrons. The Labute approximate surface area is 214 Å². The third-order valence-corrected chi connectivity index (χ3v) is 6.43. The molecule has 0 bridgehead atoms. The Bertz CT molecular complexity index is 895. The number of piperidine rings is 2. The van der Waals surface area contributed by atoms with Crippen LogP contribution in [-0.2, 0) is 17.9 Å². The summed E-state index contributed by atoms with van der Waals surface area (Å²) in [5, 5.41) is 7.03. The van der Waals surface area contributed by atoms with E-state index in [0.29, 0.717) is 19.0 Å². The number of nitrogens with zero attached hydrogens (tertiary/aromatic N) is 3. The monoisotopic (exact) mass is 561 g/mol. The van der Waals surface area contributed by atoms with Gasteiger partial charge >= 0.3 is 0 Å². The molecule has 6 nitrogen and oxygen atoms in total. The fourth-order valence-corrected chi connectivity index (χ4v) is 4.52. The summed E-state index contributed by atoms with van der Waals surface area (Å²) in [5.41, 5.74) is 3.56. The van der Waals surface area contributed by atoms with Crippen molar-refractivity contribution in [3.05, 3.63) is 65.7 Å². The van der Waals surface area contributed by atoms with Crippen LogP contribution >= 0.6 is 24.0 Å². The first kappa shape index (κ1) is 25.5. The highest BCUT2D eigenvalue weighted by Gasteiger charge is 2.21. The zero-order valence-electron chi connectivity index (χ0n) is 19.5. The van der Waals surface area contributed by atoms with Gasteiger partial charge < -0.3 is 15.5 Å². The van der Waals surface area contributed by atoms with E-state index in [-0.39, 0.29) is 29.9 Å². The van der Waals surface area contributed by atoms with Gasteiger partial charge in [-0.05, 0) is 48.9 Å². The van der Waals surface area contributed by atoms with E-state index in [9.17, 15) is 4.79 Å². The summed E-state index contributed by atoms with van der Waals surface area (Å²) >= 11 is 0. The number of likely N-dealkylation sites (tertiary alicyclic amines) is 1. The topological polar surface area (TPSA) is 60.0 Å². The lowest BCUT2D eigenvalue weighted by molar-refractivity contribution is -0.119. The molecule has 33 heavy (non-hydrogen) atoms. The van der Waals surface area contributed by atoms with Crippen LogP contribution in [0.5, 0.6) is 0 Å². The number of carbonyl (C=O) groups excluding carboxylic acids is 1. The summed E-state index contributed by atoms with van der Waals surface area (Å²) in [7, 11) is 1.82. The fraction of sp³-hybridized carbons (Fsp3) is 0.462. The minimum absolute atomic E-state index is 0. The van der Waals surface area contributed by atoms with Crippen LogP contribution in [0.1, 0.15) is 43.2 Å². The van der Waals surface area contributed by atoms with Crippen molar-refractivity contribution < 1.29 is 4.79 Å². The van der Waals surface area contributed by atoms with Crippen LogP contribution in [0.4, 0.5) is 5.69 Å². The van der Waals surface area contributed by atoms with Crippen LogP contribution in [0.25, 0.3) is 0 Å². The highest BCUT2D eigenvalue weighted by atomic mass is 127. The smallest absolute Gasteiger partial charge is 0.226 e. The largest absolute Gasteiger partial charge is 0.354 e. The van der Waals surface area contributed by atoms with Gasteiger partial charge in [0.2, 0.25) is 5.91 Å². The summed E-state index contributed by atoms with van der Waals surface area (Å²) in [6.07, 6.45) is 4.99. The van der Waals surface area contributed by atoms with E-state index in [1.54, 1.807) is 0 Å². The Morgan fingerprint density at radius 3 is 2.36 bits per heavy atom. The maximum absolute atomic E-state index is 12.1. The zero-order valence-corrected chi connectivity index (χ0v) is 21.8. The number of hydrogen-bond donors (Lipinski definition) is 2. The van der Waals surface area contributed by atoms with Crippen LogP contribution in [0.3, 0.4) is 0 Å². The van der Waals surface area contributed by atoms with Crippen molar-refractivity contribution in [2.24, 2.45) is 4.99 Å². The molecule has 0 unspecified atom stereocenters. The highest BCUT2D eigenvalue weighted by Crippen LogP contribution is 2.21. The number of anilines is 1. The SMILES string of the molecule is CN=C(NCc1ccc(N2CCCCC2=O)cc1)NC1CCN(Cc2ccccc2)CC1.I. The number of halogens is 1. The average Bonchev–Trinajstić information content (AvgIpc) is 2.84. The van der Waals surface area contributed by atoms with Gasteiger partial charge in [0.05, 0.1) is 0 Å². The van der Waals surface area contributed by atoms with E-state index in [1.807, 2.05) is 11.9 Å². The molecule has 2 aliphatic heterocycles. The van der Waals surface area contributed by atoms with Crippen LogP contribution in [0.15, 0.2) is 59.6 Å². The second-order valence-electron chi connectivity index (χ2n) is 8.78. The number of nitrogens with one attached hydrogen (secondary N) is 2. The van der Waals surface area contributed by atoms with Crippen LogP contribution in [-0.4, -0.2) is 49.5 Å².